The Labute approximate surface area is 117 Å². The Bertz CT molecular complexity index is 604. The Morgan fingerprint density at radius 1 is 1.35 bits per heavy atom. The van der Waals surface area contributed by atoms with Crippen LogP contribution in [0.25, 0.3) is 11.3 Å². The van der Waals surface area contributed by atoms with Crippen LogP contribution >= 0.6 is 0 Å². The van der Waals surface area contributed by atoms with Gasteiger partial charge in [0.05, 0.1) is 12.7 Å². The lowest BCUT2D eigenvalue weighted by Crippen LogP contribution is -2.09. The molecule has 2 rings (SSSR count). The summed E-state index contributed by atoms with van der Waals surface area (Å²) in [6.07, 6.45) is 0.413. The average molecular weight is 275 g/mol. The third-order valence-corrected chi connectivity index (χ3v) is 2.89. The van der Waals surface area contributed by atoms with E-state index in [0.717, 1.165) is 5.56 Å². The van der Waals surface area contributed by atoms with E-state index in [-0.39, 0.29) is 12.5 Å². The zero-order valence-electron chi connectivity index (χ0n) is 11.5. The molecule has 0 unspecified atom stereocenters. The van der Waals surface area contributed by atoms with E-state index < -0.39 is 0 Å². The van der Waals surface area contributed by atoms with Crippen molar-refractivity contribution in [2.24, 2.45) is 0 Å². The number of furan rings is 1. The van der Waals surface area contributed by atoms with Crippen molar-refractivity contribution in [3.63, 3.8) is 0 Å². The summed E-state index contributed by atoms with van der Waals surface area (Å²) >= 11 is 0. The van der Waals surface area contributed by atoms with Gasteiger partial charge in [-0.25, -0.2) is 0 Å². The van der Waals surface area contributed by atoms with Gasteiger partial charge in [0, 0.05) is 12.1 Å². The van der Waals surface area contributed by atoms with Gasteiger partial charge in [-0.3, -0.25) is 4.79 Å². The van der Waals surface area contributed by atoms with Crippen molar-refractivity contribution in [2.75, 3.05) is 12.4 Å². The third kappa shape index (κ3) is 3.00. The number of ether oxygens (including phenoxy) is 1. The van der Waals surface area contributed by atoms with Crippen LogP contribution in [0.15, 0.2) is 34.7 Å². The summed E-state index contributed by atoms with van der Waals surface area (Å²) in [7, 11) is 1.57. The lowest BCUT2D eigenvalue weighted by Gasteiger charge is -2.10. The Kier molecular flexibility index (Phi) is 4.42. The first kappa shape index (κ1) is 14.1. The summed E-state index contributed by atoms with van der Waals surface area (Å²) in [5, 5.41) is 11.8. The molecule has 1 heterocycles. The summed E-state index contributed by atoms with van der Waals surface area (Å²) in [5.41, 5.74) is 1.40. The molecule has 0 aliphatic carbocycles. The maximum atomic E-state index is 11.4. The van der Waals surface area contributed by atoms with Crippen molar-refractivity contribution in [3.05, 3.63) is 36.1 Å². The summed E-state index contributed by atoms with van der Waals surface area (Å²) in [4.78, 5) is 11.4. The van der Waals surface area contributed by atoms with Gasteiger partial charge in [0.25, 0.3) is 0 Å². The molecule has 1 amide bonds. The van der Waals surface area contributed by atoms with E-state index in [1.807, 2.05) is 0 Å². The van der Waals surface area contributed by atoms with Gasteiger partial charge in [-0.2, -0.15) is 0 Å². The normalized spacial score (nSPS) is 10.3. The Hall–Kier alpha value is -2.27. The highest BCUT2D eigenvalue weighted by molar-refractivity contribution is 5.91. The molecule has 1 aromatic heterocycles. The molecule has 0 saturated carbocycles. The van der Waals surface area contributed by atoms with E-state index in [1.54, 1.807) is 44.4 Å². The molecule has 2 N–H and O–H groups in total. The number of carbonyl (C=O) groups excluding carboxylic acids is 1. The van der Waals surface area contributed by atoms with Crippen molar-refractivity contribution >= 4 is 11.6 Å². The van der Waals surface area contributed by atoms with Gasteiger partial charge in [-0.05, 0) is 30.3 Å². The molecule has 1 aromatic carbocycles. The zero-order chi connectivity index (χ0) is 14.5. The van der Waals surface area contributed by atoms with Gasteiger partial charge >= 0.3 is 0 Å². The largest absolute Gasteiger partial charge is 0.496 e. The van der Waals surface area contributed by atoms with E-state index in [1.165, 1.54) is 0 Å². The lowest BCUT2D eigenvalue weighted by atomic mass is 10.1. The Morgan fingerprint density at radius 2 is 2.15 bits per heavy atom. The molecule has 0 fully saturated rings. The van der Waals surface area contributed by atoms with Crippen molar-refractivity contribution in [1.82, 2.24) is 0 Å². The Morgan fingerprint density at radius 3 is 2.75 bits per heavy atom. The standard InChI is InChI=1S/C15H17NO4/c1-3-15(18)16-10-4-6-13(19-2)12(8-10)14-7-5-11(9-17)20-14/h4-8,17H,3,9H2,1-2H3,(H,16,18). The van der Waals surface area contributed by atoms with Gasteiger partial charge in [-0.15, -0.1) is 0 Å². The number of aliphatic hydroxyl groups is 1. The first-order valence-corrected chi connectivity index (χ1v) is 6.35. The van der Waals surface area contributed by atoms with Crippen molar-refractivity contribution in [2.45, 2.75) is 20.0 Å². The number of methoxy groups -OCH3 is 1. The quantitative estimate of drug-likeness (QED) is 0.880. The molecule has 2 aromatic rings. The third-order valence-electron chi connectivity index (χ3n) is 2.89. The maximum Gasteiger partial charge on any atom is 0.224 e. The molecule has 0 spiro atoms. The van der Waals surface area contributed by atoms with Crippen molar-refractivity contribution < 1.29 is 19.1 Å². The highest BCUT2D eigenvalue weighted by atomic mass is 16.5. The molecule has 0 bridgehead atoms. The summed E-state index contributed by atoms with van der Waals surface area (Å²) in [6, 6.07) is 8.78. The van der Waals surface area contributed by atoms with Gasteiger partial charge in [0.1, 0.15) is 23.9 Å². The SMILES string of the molecule is CCC(=O)Nc1ccc(OC)c(-c2ccc(CO)o2)c1. The molecule has 0 saturated heterocycles. The number of benzene rings is 1. The molecule has 20 heavy (non-hydrogen) atoms. The number of rotatable bonds is 5. The number of nitrogens with one attached hydrogen (secondary N) is 1. The monoisotopic (exact) mass is 275 g/mol. The second kappa shape index (κ2) is 6.25. The predicted octanol–water partition coefficient (Wildman–Crippen LogP) is 2.80. The molecule has 0 aliphatic rings. The molecule has 5 nitrogen and oxygen atoms in total. The highest BCUT2D eigenvalue weighted by Crippen LogP contribution is 2.33. The fourth-order valence-corrected chi connectivity index (χ4v) is 1.84. The van der Waals surface area contributed by atoms with Crippen LogP contribution in [0, 0.1) is 0 Å². The minimum absolute atomic E-state index is 0.0587. The topological polar surface area (TPSA) is 71.7 Å². The summed E-state index contributed by atoms with van der Waals surface area (Å²) in [6.45, 7) is 1.63. The summed E-state index contributed by atoms with van der Waals surface area (Å²) < 4.78 is 10.8. The van der Waals surface area contributed by atoms with Gasteiger partial charge in [0.2, 0.25) is 5.91 Å². The number of aliphatic hydroxyl groups excluding tert-OH is 1. The number of carbonyl (C=O) groups is 1. The molecule has 106 valence electrons. The second-order valence-corrected chi connectivity index (χ2v) is 4.24. The minimum atomic E-state index is -0.158. The van der Waals surface area contributed by atoms with E-state index in [2.05, 4.69) is 5.32 Å². The number of hydrogen-bond donors (Lipinski definition) is 2. The molecule has 5 heteroatoms. The van der Waals surface area contributed by atoms with E-state index in [0.29, 0.717) is 29.4 Å². The predicted molar refractivity (Wildman–Crippen MR) is 75.5 cm³/mol. The average Bonchev–Trinajstić information content (AvgIpc) is 2.95. The smallest absolute Gasteiger partial charge is 0.224 e. The van der Waals surface area contributed by atoms with Crippen LogP contribution in [0.3, 0.4) is 0 Å². The maximum absolute atomic E-state index is 11.4. The zero-order valence-corrected chi connectivity index (χ0v) is 11.5. The van der Waals surface area contributed by atoms with Gasteiger partial charge in [0.15, 0.2) is 0 Å². The molecular formula is C15H17NO4. The molecular weight excluding hydrogens is 258 g/mol. The minimum Gasteiger partial charge on any atom is -0.496 e. The van der Waals surface area contributed by atoms with Crippen LogP contribution in [-0.2, 0) is 11.4 Å². The van der Waals surface area contributed by atoms with Crippen LogP contribution in [0.1, 0.15) is 19.1 Å². The molecule has 0 atom stereocenters. The van der Waals surface area contributed by atoms with Crippen LogP contribution in [0.4, 0.5) is 5.69 Å². The van der Waals surface area contributed by atoms with E-state index >= 15 is 0 Å². The Balaban J connectivity index is 2.38. The van der Waals surface area contributed by atoms with Crippen LogP contribution in [0.2, 0.25) is 0 Å². The van der Waals surface area contributed by atoms with Crippen LogP contribution < -0.4 is 10.1 Å². The number of hydrogen-bond acceptors (Lipinski definition) is 4. The molecule has 0 aliphatic heterocycles. The van der Waals surface area contributed by atoms with E-state index in [9.17, 15) is 4.79 Å². The lowest BCUT2D eigenvalue weighted by molar-refractivity contribution is -0.115. The fourth-order valence-electron chi connectivity index (χ4n) is 1.84. The van der Waals surface area contributed by atoms with Gasteiger partial charge < -0.3 is 19.6 Å². The fraction of sp³-hybridized carbons (Fsp3) is 0.267. The molecule has 0 radical (unpaired) electrons. The number of amides is 1. The van der Waals surface area contributed by atoms with E-state index in [4.69, 9.17) is 14.3 Å². The van der Waals surface area contributed by atoms with Crippen molar-refractivity contribution in [1.29, 1.82) is 0 Å². The van der Waals surface area contributed by atoms with Crippen LogP contribution in [-0.4, -0.2) is 18.1 Å². The number of anilines is 1. The van der Waals surface area contributed by atoms with Crippen molar-refractivity contribution in [3.8, 4) is 17.1 Å². The second-order valence-electron chi connectivity index (χ2n) is 4.24. The first-order valence-electron chi connectivity index (χ1n) is 6.35. The highest BCUT2D eigenvalue weighted by Gasteiger charge is 2.12. The first-order chi connectivity index (χ1) is 9.67. The van der Waals surface area contributed by atoms with Crippen LogP contribution in [0.5, 0.6) is 5.75 Å². The van der Waals surface area contributed by atoms with Gasteiger partial charge in [-0.1, -0.05) is 6.92 Å². The summed E-state index contributed by atoms with van der Waals surface area (Å²) in [5.74, 6) is 1.64.